The Bertz CT molecular complexity index is 434. The summed E-state index contributed by atoms with van der Waals surface area (Å²) in [7, 11) is 0. The fourth-order valence-corrected chi connectivity index (χ4v) is 2.95. The Labute approximate surface area is 116 Å². The van der Waals surface area contributed by atoms with Crippen molar-refractivity contribution in [2.75, 3.05) is 13.1 Å². The van der Waals surface area contributed by atoms with E-state index in [4.69, 9.17) is 4.74 Å². The third kappa shape index (κ3) is 2.92. The Hall–Kier alpha value is -1.09. The van der Waals surface area contributed by atoms with E-state index < -0.39 is 0 Å². The minimum Gasteiger partial charge on any atom is -0.474 e. The second-order valence-corrected chi connectivity index (χ2v) is 5.99. The van der Waals surface area contributed by atoms with Crippen molar-refractivity contribution in [2.45, 2.75) is 58.1 Å². The normalized spacial score (nSPS) is 22.2. The molecule has 0 spiro atoms. The molecule has 2 fully saturated rings. The Balaban J connectivity index is 1.52. The first-order valence-electron chi connectivity index (χ1n) is 7.57. The summed E-state index contributed by atoms with van der Waals surface area (Å²) in [6.45, 7) is 6.52. The number of hydrogen-bond donors (Lipinski definition) is 0. The number of rotatable bonds is 3. The molecule has 0 radical (unpaired) electrons. The first kappa shape index (κ1) is 12.9. The van der Waals surface area contributed by atoms with E-state index in [1.165, 1.54) is 37.9 Å². The summed E-state index contributed by atoms with van der Waals surface area (Å²) in [5.41, 5.74) is 2.30. The van der Waals surface area contributed by atoms with E-state index in [1.807, 2.05) is 13.0 Å². The van der Waals surface area contributed by atoms with Crippen LogP contribution in [0.25, 0.3) is 0 Å². The molecular weight excluding hydrogens is 236 g/mol. The molecule has 104 valence electrons. The first-order valence-corrected chi connectivity index (χ1v) is 7.57. The van der Waals surface area contributed by atoms with Crippen molar-refractivity contribution in [3.63, 3.8) is 0 Å². The van der Waals surface area contributed by atoms with E-state index in [0.29, 0.717) is 6.10 Å². The van der Waals surface area contributed by atoms with Crippen LogP contribution in [0.3, 0.4) is 0 Å². The van der Waals surface area contributed by atoms with Crippen LogP contribution in [0.2, 0.25) is 0 Å². The SMILES string of the molecule is Cc1ccc(OC2CCN(C3CCC3)CC2)nc1C. The molecule has 3 nitrogen and oxygen atoms in total. The van der Waals surface area contributed by atoms with E-state index in [0.717, 1.165) is 30.5 Å². The number of aromatic nitrogens is 1. The van der Waals surface area contributed by atoms with Gasteiger partial charge < -0.3 is 9.64 Å². The summed E-state index contributed by atoms with van der Waals surface area (Å²) in [6.07, 6.45) is 6.88. The van der Waals surface area contributed by atoms with E-state index in [-0.39, 0.29) is 0 Å². The maximum absolute atomic E-state index is 6.03. The second-order valence-electron chi connectivity index (χ2n) is 5.99. The lowest BCUT2D eigenvalue weighted by Crippen LogP contribution is -2.46. The van der Waals surface area contributed by atoms with Gasteiger partial charge in [-0.3, -0.25) is 0 Å². The molecule has 0 unspecified atom stereocenters. The van der Waals surface area contributed by atoms with Gasteiger partial charge >= 0.3 is 0 Å². The lowest BCUT2D eigenvalue weighted by Gasteiger charge is -2.41. The summed E-state index contributed by atoms with van der Waals surface area (Å²) in [6, 6.07) is 4.97. The molecule has 19 heavy (non-hydrogen) atoms. The van der Waals surface area contributed by atoms with Crippen LogP contribution in [-0.2, 0) is 0 Å². The highest BCUT2D eigenvalue weighted by Gasteiger charge is 2.29. The van der Waals surface area contributed by atoms with Crippen LogP contribution in [0, 0.1) is 13.8 Å². The number of likely N-dealkylation sites (tertiary alicyclic amines) is 1. The molecule has 2 aliphatic rings. The van der Waals surface area contributed by atoms with Crippen molar-refractivity contribution in [1.82, 2.24) is 9.88 Å². The molecule has 3 rings (SSSR count). The summed E-state index contributed by atoms with van der Waals surface area (Å²) < 4.78 is 6.03. The molecule has 0 bridgehead atoms. The minimum absolute atomic E-state index is 0.353. The predicted octanol–water partition coefficient (Wildman–Crippen LogP) is 3.09. The van der Waals surface area contributed by atoms with Crippen LogP contribution in [0.5, 0.6) is 5.88 Å². The average molecular weight is 260 g/mol. The van der Waals surface area contributed by atoms with Crippen LogP contribution in [-0.4, -0.2) is 35.1 Å². The van der Waals surface area contributed by atoms with Crippen LogP contribution in [0.15, 0.2) is 12.1 Å². The summed E-state index contributed by atoms with van der Waals surface area (Å²) in [4.78, 5) is 7.16. The quantitative estimate of drug-likeness (QED) is 0.835. The van der Waals surface area contributed by atoms with Gasteiger partial charge in [-0.25, -0.2) is 4.98 Å². The Morgan fingerprint density at radius 1 is 1.11 bits per heavy atom. The lowest BCUT2D eigenvalue weighted by atomic mass is 9.90. The van der Waals surface area contributed by atoms with Gasteiger partial charge in [0.15, 0.2) is 0 Å². The molecule has 1 saturated carbocycles. The van der Waals surface area contributed by atoms with Gasteiger partial charge in [-0.2, -0.15) is 0 Å². The zero-order chi connectivity index (χ0) is 13.2. The molecule has 0 N–H and O–H groups in total. The third-order valence-electron chi connectivity index (χ3n) is 4.68. The van der Waals surface area contributed by atoms with Crippen molar-refractivity contribution < 1.29 is 4.74 Å². The number of pyridine rings is 1. The average Bonchev–Trinajstić information content (AvgIpc) is 2.34. The predicted molar refractivity (Wildman–Crippen MR) is 76.6 cm³/mol. The summed E-state index contributed by atoms with van der Waals surface area (Å²) in [5, 5.41) is 0. The van der Waals surface area contributed by atoms with Crippen molar-refractivity contribution in [3.8, 4) is 5.88 Å². The highest BCUT2D eigenvalue weighted by atomic mass is 16.5. The number of nitrogens with zero attached hydrogens (tertiary/aromatic N) is 2. The zero-order valence-electron chi connectivity index (χ0n) is 12.1. The third-order valence-corrected chi connectivity index (χ3v) is 4.68. The Kier molecular flexibility index (Phi) is 3.74. The molecule has 0 aromatic carbocycles. The molecule has 3 heteroatoms. The molecule has 0 atom stereocenters. The second kappa shape index (κ2) is 5.49. The first-order chi connectivity index (χ1) is 9.22. The molecule has 0 amide bonds. The minimum atomic E-state index is 0.353. The zero-order valence-corrected chi connectivity index (χ0v) is 12.1. The van der Waals surface area contributed by atoms with E-state index in [2.05, 4.69) is 22.9 Å². The number of piperidine rings is 1. The molecule has 1 aromatic rings. The number of hydrogen-bond acceptors (Lipinski definition) is 3. The largest absolute Gasteiger partial charge is 0.474 e. The fraction of sp³-hybridized carbons (Fsp3) is 0.688. The molecule has 1 aliphatic carbocycles. The van der Waals surface area contributed by atoms with Gasteiger partial charge in [-0.15, -0.1) is 0 Å². The molecule has 2 heterocycles. The summed E-state index contributed by atoms with van der Waals surface area (Å²) in [5.74, 6) is 0.796. The van der Waals surface area contributed by atoms with Gasteiger partial charge in [0.2, 0.25) is 5.88 Å². The van der Waals surface area contributed by atoms with Crippen molar-refractivity contribution in [2.24, 2.45) is 0 Å². The van der Waals surface area contributed by atoms with Gasteiger partial charge in [0, 0.05) is 30.9 Å². The van der Waals surface area contributed by atoms with E-state index >= 15 is 0 Å². The van der Waals surface area contributed by atoms with E-state index in [1.54, 1.807) is 0 Å². The molecule has 1 aromatic heterocycles. The van der Waals surface area contributed by atoms with Crippen LogP contribution >= 0.6 is 0 Å². The highest BCUT2D eigenvalue weighted by molar-refractivity contribution is 5.23. The van der Waals surface area contributed by atoms with Crippen molar-refractivity contribution >= 4 is 0 Å². The van der Waals surface area contributed by atoms with Crippen LogP contribution < -0.4 is 4.74 Å². The summed E-state index contributed by atoms with van der Waals surface area (Å²) >= 11 is 0. The van der Waals surface area contributed by atoms with Crippen LogP contribution in [0.4, 0.5) is 0 Å². The maximum atomic E-state index is 6.03. The lowest BCUT2D eigenvalue weighted by molar-refractivity contribution is 0.0474. The maximum Gasteiger partial charge on any atom is 0.213 e. The molecule has 1 aliphatic heterocycles. The van der Waals surface area contributed by atoms with Gasteiger partial charge in [-0.1, -0.05) is 12.5 Å². The van der Waals surface area contributed by atoms with Crippen LogP contribution in [0.1, 0.15) is 43.4 Å². The fourth-order valence-electron chi connectivity index (χ4n) is 2.95. The highest BCUT2D eigenvalue weighted by Crippen LogP contribution is 2.28. The molecular formula is C16H24N2O. The number of aryl methyl sites for hydroxylation is 2. The Morgan fingerprint density at radius 2 is 1.84 bits per heavy atom. The molecule has 1 saturated heterocycles. The van der Waals surface area contributed by atoms with Gasteiger partial charge in [0.25, 0.3) is 0 Å². The monoisotopic (exact) mass is 260 g/mol. The van der Waals surface area contributed by atoms with Gasteiger partial charge in [-0.05, 0) is 45.1 Å². The smallest absolute Gasteiger partial charge is 0.213 e. The van der Waals surface area contributed by atoms with E-state index in [9.17, 15) is 0 Å². The standard InChI is InChI=1S/C16H24N2O/c1-12-6-7-16(17-13(12)2)19-15-8-10-18(11-9-15)14-4-3-5-14/h6-7,14-15H,3-5,8-11H2,1-2H3. The topological polar surface area (TPSA) is 25.4 Å². The Morgan fingerprint density at radius 3 is 2.42 bits per heavy atom. The number of ether oxygens (including phenoxy) is 1. The van der Waals surface area contributed by atoms with Gasteiger partial charge in [0.1, 0.15) is 6.10 Å². The van der Waals surface area contributed by atoms with Crippen molar-refractivity contribution in [1.29, 1.82) is 0 Å². The van der Waals surface area contributed by atoms with Crippen molar-refractivity contribution in [3.05, 3.63) is 23.4 Å². The van der Waals surface area contributed by atoms with Gasteiger partial charge in [0.05, 0.1) is 0 Å².